The maximum absolute atomic E-state index is 10.4. The summed E-state index contributed by atoms with van der Waals surface area (Å²) < 4.78 is 5.39. The monoisotopic (exact) mass is 272 g/mol. The first-order valence-electron chi connectivity index (χ1n) is 6.63. The van der Waals surface area contributed by atoms with Gasteiger partial charge in [0.25, 0.3) is 0 Å². The Morgan fingerprint density at radius 1 is 1.25 bits per heavy atom. The van der Waals surface area contributed by atoms with Gasteiger partial charge in [-0.15, -0.1) is 0 Å². The van der Waals surface area contributed by atoms with Crippen LogP contribution in [0, 0.1) is 20.8 Å². The minimum Gasteiger partial charge on any atom is -0.496 e. The van der Waals surface area contributed by atoms with Crippen molar-refractivity contribution in [2.75, 3.05) is 7.11 Å². The van der Waals surface area contributed by atoms with Crippen molar-refractivity contribution in [2.45, 2.75) is 33.3 Å². The second-order valence-corrected chi connectivity index (χ2v) is 4.94. The van der Waals surface area contributed by atoms with Crippen molar-refractivity contribution >= 4 is 0 Å². The number of aromatic nitrogens is 2. The molecule has 0 amide bonds. The van der Waals surface area contributed by atoms with Crippen LogP contribution < -0.4 is 4.74 Å². The first kappa shape index (κ1) is 14.5. The Morgan fingerprint density at radius 3 is 2.65 bits per heavy atom. The molecule has 0 saturated heterocycles. The fraction of sp³-hybridized carbons (Fsp3) is 0.375. The lowest BCUT2D eigenvalue weighted by atomic mass is 10.00. The highest BCUT2D eigenvalue weighted by Crippen LogP contribution is 2.27. The van der Waals surface area contributed by atoms with E-state index in [1.165, 1.54) is 0 Å². The zero-order chi connectivity index (χ0) is 14.7. The Hall–Kier alpha value is -1.94. The summed E-state index contributed by atoms with van der Waals surface area (Å²) in [5, 5.41) is 10.4. The Bertz CT molecular complexity index is 611. The van der Waals surface area contributed by atoms with Gasteiger partial charge in [0.15, 0.2) is 0 Å². The van der Waals surface area contributed by atoms with Crippen molar-refractivity contribution in [3.63, 3.8) is 0 Å². The van der Waals surface area contributed by atoms with E-state index in [1.54, 1.807) is 19.5 Å². The van der Waals surface area contributed by atoms with Crippen molar-refractivity contribution in [3.8, 4) is 5.75 Å². The van der Waals surface area contributed by atoms with Crippen molar-refractivity contribution in [2.24, 2.45) is 0 Å². The minimum absolute atomic E-state index is 0.453. The van der Waals surface area contributed by atoms with Gasteiger partial charge in [0.1, 0.15) is 5.75 Å². The molecule has 0 aliphatic carbocycles. The van der Waals surface area contributed by atoms with E-state index in [9.17, 15) is 5.11 Å². The maximum Gasteiger partial charge on any atom is 0.128 e. The molecule has 0 fully saturated rings. The predicted molar refractivity (Wildman–Crippen MR) is 77.9 cm³/mol. The predicted octanol–water partition coefficient (Wildman–Crippen LogP) is 2.69. The largest absolute Gasteiger partial charge is 0.496 e. The van der Waals surface area contributed by atoms with Crippen LogP contribution in [0.25, 0.3) is 0 Å². The molecule has 2 aromatic heterocycles. The molecule has 20 heavy (non-hydrogen) atoms. The average Bonchev–Trinajstić information content (AvgIpc) is 2.43. The van der Waals surface area contributed by atoms with Crippen molar-refractivity contribution in [1.29, 1.82) is 0 Å². The van der Waals surface area contributed by atoms with E-state index in [4.69, 9.17) is 4.74 Å². The molecule has 1 atom stereocenters. The van der Waals surface area contributed by atoms with Gasteiger partial charge in [0, 0.05) is 46.9 Å². The number of hydrogen-bond acceptors (Lipinski definition) is 4. The third kappa shape index (κ3) is 2.80. The average molecular weight is 272 g/mol. The van der Waals surface area contributed by atoms with Crippen LogP contribution >= 0.6 is 0 Å². The highest BCUT2D eigenvalue weighted by molar-refractivity contribution is 5.41. The van der Waals surface area contributed by atoms with E-state index in [2.05, 4.69) is 9.97 Å². The van der Waals surface area contributed by atoms with Crippen LogP contribution in [-0.2, 0) is 6.42 Å². The van der Waals surface area contributed by atoms with Gasteiger partial charge in [-0.3, -0.25) is 9.97 Å². The first-order chi connectivity index (χ1) is 9.54. The number of aliphatic hydroxyl groups is 1. The number of pyridine rings is 2. The smallest absolute Gasteiger partial charge is 0.128 e. The fourth-order valence-corrected chi connectivity index (χ4v) is 2.42. The van der Waals surface area contributed by atoms with E-state index >= 15 is 0 Å². The summed E-state index contributed by atoms with van der Waals surface area (Å²) in [5.74, 6) is 0.838. The lowest BCUT2D eigenvalue weighted by Gasteiger charge is -2.16. The number of aliphatic hydroxyl groups excluding tert-OH is 1. The topological polar surface area (TPSA) is 55.2 Å². The lowest BCUT2D eigenvalue weighted by molar-refractivity contribution is 0.175. The Kier molecular flexibility index (Phi) is 4.35. The molecule has 0 aliphatic heterocycles. The van der Waals surface area contributed by atoms with Gasteiger partial charge in [-0.05, 0) is 26.8 Å². The molecule has 2 rings (SSSR count). The van der Waals surface area contributed by atoms with Crippen molar-refractivity contribution < 1.29 is 9.84 Å². The summed E-state index contributed by atoms with van der Waals surface area (Å²) in [7, 11) is 1.65. The van der Waals surface area contributed by atoms with Crippen LogP contribution in [0.2, 0.25) is 0 Å². The van der Waals surface area contributed by atoms with Crippen LogP contribution in [0.3, 0.4) is 0 Å². The number of methoxy groups -OCH3 is 1. The third-order valence-corrected chi connectivity index (χ3v) is 3.54. The third-order valence-electron chi connectivity index (χ3n) is 3.54. The molecule has 2 aromatic rings. The number of nitrogens with zero attached hydrogens (tertiary/aromatic N) is 2. The van der Waals surface area contributed by atoms with E-state index in [0.717, 1.165) is 33.8 Å². The van der Waals surface area contributed by atoms with Gasteiger partial charge >= 0.3 is 0 Å². The standard InChI is InChI=1S/C16H20N2O2/c1-10-9-18-14(11(2)16(10)20-4)8-15(19)13-6-5-7-17-12(13)3/h5-7,9,15,19H,8H2,1-4H3. The van der Waals surface area contributed by atoms with Crippen LogP contribution in [0.15, 0.2) is 24.5 Å². The number of rotatable bonds is 4. The summed E-state index contributed by atoms with van der Waals surface area (Å²) >= 11 is 0. The number of hydrogen-bond donors (Lipinski definition) is 1. The molecule has 106 valence electrons. The maximum atomic E-state index is 10.4. The quantitative estimate of drug-likeness (QED) is 0.929. The molecule has 2 heterocycles. The molecule has 0 bridgehead atoms. The van der Waals surface area contributed by atoms with E-state index in [0.29, 0.717) is 6.42 Å². The minimum atomic E-state index is -0.609. The van der Waals surface area contributed by atoms with Gasteiger partial charge in [-0.25, -0.2) is 0 Å². The molecular formula is C16H20N2O2. The van der Waals surface area contributed by atoms with Crippen LogP contribution in [0.5, 0.6) is 5.75 Å². The summed E-state index contributed by atoms with van der Waals surface area (Å²) in [6, 6.07) is 3.73. The molecular weight excluding hydrogens is 252 g/mol. The highest BCUT2D eigenvalue weighted by Gasteiger charge is 2.16. The molecule has 4 nitrogen and oxygen atoms in total. The molecule has 0 aliphatic rings. The lowest BCUT2D eigenvalue weighted by Crippen LogP contribution is -2.08. The van der Waals surface area contributed by atoms with E-state index < -0.39 is 6.10 Å². The normalized spacial score (nSPS) is 12.2. The molecule has 0 spiro atoms. The second-order valence-electron chi connectivity index (χ2n) is 4.94. The van der Waals surface area contributed by atoms with Crippen molar-refractivity contribution in [3.05, 3.63) is 52.6 Å². The van der Waals surface area contributed by atoms with Gasteiger partial charge in [-0.2, -0.15) is 0 Å². The van der Waals surface area contributed by atoms with Gasteiger partial charge in [0.05, 0.1) is 13.2 Å². The van der Waals surface area contributed by atoms with Gasteiger partial charge in [-0.1, -0.05) is 6.07 Å². The van der Waals surface area contributed by atoms with Crippen LogP contribution in [0.1, 0.15) is 34.2 Å². The molecule has 1 N–H and O–H groups in total. The van der Waals surface area contributed by atoms with Crippen molar-refractivity contribution in [1.82, 2.24) is 9.97 Å². The van der Waals surface area contributed by atoms with E-state index in [-0.39, 0.29) is 0 Å². The SMILES string of the molecule is COc1c(C)cnc(CC(O)c2cccnc2C)c1C. The Balaban J connectivity index is 2.29. The first-order valence-corrected chi connectivity index (χ1v) is 6.63. The highest BCUT2D eigenvalue weighted by atomic mass is 16.5. The van der Waals surface area contributed by atoms with Crippen LogP contribution in [-0.4, -0.2) is 22.2 Å². The summed E-state index contributed by atoms with van der Waals surface area (Å²) in [5.41, 5.74) is 4.52. The van der Waals surface area contributed by atoms with Crippen LogP contribution in [0.4, 0.5) is 0 Å². The zero-order valence-electron chi connectivity index (χ0n) is 12.3. The summed E-state index contributed by atoms with van der Waals surface area (Å²) in [6.45, 7) is 5.83. The molecule has 4 heteroatoms. The Labute approximate surface area is 119 Å². The summed E-state index contributed by atoms with van der Waals surface area (Å²) in [6.07, 6.45) is 3.35. The molecule has 0 radical (unpaired) electrons. The summed E-state index contributed by atoms with van der Waals surface area (Å²) in [4.78, 5) is 8.63. The molecule has 1 unspecified atom stereocenters. The number of aryl methyl sites for hydroxylation is 2. The molecule has 0 aromatic carbocycles. The number of ether oxygens (including phenoxy) is 1. The van der Waals surface area contributed by atoms with Gasteiger partial charge < -0.3 is 9.84 Å². The fourth-order valence-electron chi connectivity index (χ4n) is 2.42. The molecule has 0 saturated carbocycles. The second kappa shape index (κ2) is 6.01. The zero-order valence-corrected chi connectivity index (χ0v) is 12.3. The Morgan fingerprint density at radius 2 is 2.00 bits per heavy atom. The van der Waals surface area contributed by atoms with Gasteiger partial charge in [0.2, 0.25) is 0 Å². The van der Waals surface area contributed by atoms with E-state index in [1.807, 2.05) is 32.9 Å².